The number of benzene rings is 1. The van der Waals surface area contributed by atoms with Gasteiger partial charge in [-0.15, -0.1) is 12.4 Å². The van der Waals surface area contributed by atoms with Crippen molar-refractivity contribution in [2.24, 2.45) is 0 Å². The third kappa shape index (κ3) is 3.72. The summed E-state index contributed by atoms with van der Waals surface area (Å²) < 4.78 is 0. The Hall–Kier alpha value is -1.85. The minimum absolute atomic E-state index is 0. The van der Waals surface area contributed by atoms with Gasteiger partial charge in [-0.3, -0.25) is 9.78 Å². The molecule has 2 fully saturated rings. The molecule has 1 aromatic heterocycles. The quantitative estimate of drug-likeness (QED) is 0.881. The lowest BCUT2D eigenvalue weighted by Crippen LogP contribution is -2.43. The molecule has 5 nitrogen and oxygen atoms in total. The van der Waals surface area contributed by atoms with Gasteiger partial charge in [0.1, 0.15) is 0 Å². The van der Waals surface area contributed by atoms with Crippen molar-refractivity contribution in [2.75, 3.05) is 29.9 Å². The molecule has 4 rings (SSSR count). The van der Waals surface area contributed by atoms with Crippen LogP contribution in [0.4, 0.5) is 11.4 Å². The molecule has 2 aromatic rings. The van der Waals surface area contributed by atoms with E-state index >= 15 is 0 Å². The molecule has 2 aliphatic rings. The molecule has 25 heavy (non-hydrogen) atoms. The molecular formula is C19H25ClN4O. The standard InChI is InChI=1S/C19H24N4O.ClH/c24-19(16-7-1-2-10-20-16)22-15-8-9-17(23-12-3-4-13-23)18-14(15)6-5-11-21-18;/h5-6,8-9,11,16,20H,1-4,7,10,12-13H2,(H,22,24);1H/t16-;/m1./s1. The number of pyridine rings is 1. The first-order chi connectivity index (χ1) is 11.8. The summed E-state index contributed by atoms with van der Waals surface area (Å²) in [5, 5.41) is 7.44. The van der Waals surface area contributed by atoms with Crippen LogP contribution in [-0.2, 0) is 4.79 Å². The van der Waals surface area contributed by atoms with Gasteiger partial charge in [0.15, 0.2) is 0 Å². The van der Waals surface area contributed by atoms with E-state index in [1.165, 1.54) is 18.5 Å². The number of hydrogen-bond acceptors (Lipinski definition) is 4. The number of nitrogens with zero attached hydrogens (tertiary/aromatic N) is 2. The van der Waals surface area contributed by atoms with Crippen LogP contribution in [0.2, 0.25) is 0 Å². The minimum Gasteiger partial charge on any atom is -0.370 e. The van der Waals surface area contributed by atoms with Crippen LogP contribution in [0.5, 0.6) is 0 Å². The molecule has 0 saturated carbocycles. The fraction of sp³-hybridized carbons (Fsp3) is 0.474. The number of aromatic nitrogens is 1. The van der Waals surface area contributed by atoms with E-state index < -0.39 is 0 Å². The summed E-state index contributed by atoms with van der Waals surface area (Å²) in [6.07, 6.45) is 7.48. The van der Waals surface area contributed by atoms with Gasteiger partial charge in [-0.05, 0) is 56.5 Å². The monoisotopic (exact) mass is 360 g/mol. The molecule has 1 atom stereocenters. The van der Waals surface area contributed by atoms with E-state index in [1.54, 1.807) is 0 Å². The SMILES string of the molecule is Cl.O=C(Nc1ccc(N2CCCC2)c2ncccc12)[C@H]1CCCCN1. The largest absolute Gasteiger partial charge is 0.370 e. The number of anilines is 2. The van der Waals surface area contributed by atoms with Gasteiger partial charge in [-0.1, -0.05) is 6.42 Å². The molecule has 1 amide bonds. The molecule has 0 radical (unpaired) electrons. The Kier molecular flexibility index (Phi) is 5.76. The fourth-order valence-corrected chi connectivity index (χ4v) is 3.78. The lowest BCUT2D eigenvalue weighted by molar-refractivity contribution is -0.118. The molecule has 1 aromatic carbocycles. The van der Waals surface area contributed by atoms with Crippen molar-refractivity contribution in [3.63, 3.8) is 0 Å². The number of amides is 1. The Morgan fingerprint density at radius 2 is 2.00 bits per heavy atom. The van der Waals surface area contributed by atoms with Crippen LogP contribution >= 0.6 is 12.4 Å². The fourth-order valence-electron chi connectivity index (χ4n) is 3.78. The zero-order valence-corrected chi connectivity index (χ0v) is 15.1. The number of carbonyl (C=O) groups excluding carboxylic acids is 1. The Labute approximate surface area is 154 Å². The Morgan fingerprint density at radius 3 is 2.76 bits per heavy atom. The van der Waals surface area contributed by atoms with Crippen LogP contribution < -0.4 is 15.5 Å². The average molecular weight is 361 g/mol. The third-order valence-corrected chi connectivity index (χ3v) is 5.08. The van der Waals surface area contributed by atoms with Gasteiger partial charge >= 0.3 is 0 Å². The van der Waals surface area contributed by atoms with Gasteiger partial charge in [0, 0.05) is 24.7 Å². The van der Waals surface area contributed by atoms with Crippen molar-refractivity contribution in [1.29, 1.82) is 0 Å². The third-order valence-electron chi connectivity index (χ3n) is 5.08. The van der Waals surface area contributed by atoms with Gasteiger partial charge in [-0.2, -0.15) is 0 Å². The summed E-state index contributed by atoms with van der Waals surface area (Å²) in [6, 6.07) is 8.03. The van der Waals surface area contributed by atoms with Gasteiger partial charge in [0.2, 0.25) is 5.91 Å². The summed E-state index contributed by atoms with van der Waals surface area (Å²) in [5.41, 5.74) is 3.02. The van der Waals surface area contributed by atoms with Crippen LogP contribution in [0.1, 0.15) is 32.1 Å². The average Bonchev–Trinajstić information content (AvgIpc) is 3.17. The van der Waals surface area contributed by atoms with E-state index in [-0.39, 0.29) is 24.4 Å². The summed E-state index contributed by atoms with van der Waals surface area (Å²) in [6.45, 7) is 3.10. The Bertz CT molecular complexity index is 739. The number of nitrogens with one attached hydrogen (secondary N) is 2. The van der Waals surface area contributed by atoms with Crippen molar-refractivity contribution in [3.05, 3.63) is 30.5 Å². The van der Waals surface area contributed by atoms with Crippen molar-refractivity contribution in [1.82, 2.24) is 10.3 Å². The maximum Gasteiger partial charge on any atom is 0.241 e. The minimum atomic E-state index is -0.0799. The zero-order valence-electron chi connectivity index (χ0n) is 14.3. The van der Waals surface area contributed by atoms with Gasteiger partial charge in [0.25, 0.3) is 0 Å². The highest BCUT2D eigenvalue weighted by Gasteiger charge is 2.22. The van der Waals surface area contributed by atoms with Gasteiger partial charge in [0.05, 0.1) is 22.9 Å². The highest BCUT2D eigenvalue weighted by molar-refractivity contribution is 6.06. The van der Waals surface area contributed by atoms with Crippen molar-refractivity contribution in [3.8, 4) is 0 Å². The van der Waals surface area contributed by atoms with Crippen LogP contribution in [0, 0.1) is 0 Å². The molecule has 2 N–H and O–H groups in total. The lowest BCUT2D eigenvalue weighted by Gasteiger charge is -2.24. The molecular weight excluding hydrogens is 336 g/mol. The first kappa shape index (κ1) is 18.0. The maximum atomic E-state index is 12.5. The smallest absolute Gasteiger partial charge is 0.241 e. The van der Waals surface area contributed by atoms with E-state index in [9.17, 15) is 4.79 Å². The van der Waals surface area contributed by atoms with Gasteiger partial charge in [-0.25, -0.2) is 0 Å². The molecule has 6 heteroatoms. The topological polar surface area (TPSA) is 57.3 Å². The highest BCUT2D eigenvalue weighted by Crippen LogP contribution is 2.32. The molecule has 0 spiro atoms. The molecule has 2 saturated heterocycles. The van der Waals surface area contributed by atoms with E-state index in [4.69, 9.17) is 0 Å². The second kappa shape index (κ2) is 8.02. The van der Waals surface area contributed by atoms with Gasteiger partial charge < -0.3 is 15.5 Å². The summed E-state index contributed by atoms with van der Waals surface area (Å²) in [4.78, 5) is 19.5. The predicted octanol–water partition coefficient (Wildman–Crippen LogP) is 3.34. The highest BCUT2D eigenvalue weighted by atomic mass is 35.5. The second-order valence-corrected chi connectivity index (χ2v) is 6.72. The van der Waals surface area contributed by atoms with E-state index in [2.05, 4.69) is 26.6 Å². The van der Waals surface area contributed by atoms with Crippen molar-refractivity contribution >= 4 is 40.6 Å². The maximum absolute atomic E-state index is 12.5. The number of rotatable bonds is 3. The van der Waals surface area contributed by atoms with E-state index in [0.717, 1.165) is 55.5 Å². The first-order valence-corrected chi connectivity index (χ1v) is 9.00. The van der Waals surface area contributed by atoms with Crippen LogP contribution in [0.3, 0.4) is 0 Å². The molecule has 3 heterocycles. The lowest BCUT2D eigenvalue weighted by atomic mass is 10.0. The van der Waals surface area contributed by atoms with Crippen LogP contribution in [-0.4, -0.2) is 36.6 Å². The zero-order chi connectivity index (χ0) is 16.4. The number of fused-ring (bicyclic) bond motifs is 1. The van der Waals surface area contributed by atoms with E-state index in [0.29, 0.717) is 0 Å². The van der Waals surface area contributed by atoms with Crippen molar-refractivity contribution < 1.29 is 4.79 Å². The summed E-state index contributed by atoms with van der Waals surface area (Å²) >= 11 is 0. The van der Waals surface area contributed by atoms with Crippen LogP contribution in [0.15, 0.2) is 30.5 Å². The van der Waals surface area contributed by atoms with Crippen LogP contribution in [0.25, 0.3) is 10.9 Å². The van der Waals surface area contributed by atoms with Crippen molar-refractivity contribution in [2.45, 2.75) is 38.1 Å². The predicted molar refractivity (Wildman–Crippen MR) is 105 cm³/mol. The summed E-state index contributed by atoms with van der Waals surface area (Å²) in [7, 11) is 0. The number of halogens is 1. The molecule has 0 unspecified atom stereocenters. The number of carbonyl (C=O) groups is 1. The molecule has 0 aliphatic carbocycles. The summed E-state index contributed by atoms with van der Waals surface area (Å²) in [5.74, 6) is 0.0637. The Morgan fingerprint density at radius 1 is 1.16 bits per heavy atom. The first-order valence-electron chi connectivity index (χ1n) is 9.00. The number of piperidine rings is 1. The number of hydrogen-bond donors (Lipinski definition) is 2. The van der Waals surface area contributed by atoms with E-state index in [1.807, 2.05) is 24.4 Å². The molecule has 134 valence electrons. The Balaban J connectivity index is 0.00000182. The normalized spacial score (nSPS) is 20.3. The second-order valence-electron chi connectivity index (χ2n) is 6.72. The molecule has 0 bridgehead atoms. The molecule has 2 aliphatic heterocycles.